The Morgan fingerprint density at radius 2 is 0.844 bits per heavy atom. The first-order chi connectivity index (χ1) is 17.8. The van der Waals surface area contributed by atoms with Crippen LogP contribution in [0.4, 0.5) is 0 Å². The van der Waals surface area contributed by atoms with Crippen LogP contribution in [0.25, 0.3) is 0 Å². The van der Waals surface area contributed by atoms with Crippen molar-refractivity contribution in [3.8, 4) is 0 Å². The predicted molar refractivity (Wildman–Crippen MR) is 181 cm³/mol. The number of ether oxygens (including phenoxy) is 1. The summed E-state index contributed by atoms with van der Waals surface area (Å²) in [6, 6.07) is 0. The van der Waals surface area contributed by atoms with Gasteiger partial charge >= 0.3 is 11.9 Å². The molecule has 0 aromatic carbocycles. The molecule has 0 aliphatic rings. The van der Waals surface area contributed by atoms with E-state index in [0.717, 1.165) is 13.8 Å². The summed E-state index contributed by atoms with van der Waals surface area (Å²) in [4.78, 5) is 38.5. The van der Waals surface area contributed by atoms with Crippen molar-refractivity contribution in [3.63, 3.8) is 0 Å². The lowest BCUT2D eigenvalue weighted by molar-refractivity contribution is -0.297. The third-order valence-electron chi connectivity index (χ3n) is 1.35. The molecule has 0 amide bonds. The second kappa shape index (κ2) is 54.0. The molecule has 0 atom stereocenters. The molecule has 19 nitrogen and oxygen atoms in total. The van der Waals surface area contributed by atoms with Gasteiger partial charge in [-0.25, -0.2) is 4.79 Å². The first kappa shape index (κ1) is 84.1. The van der Waals surface area contributed by atoms with E-state index >= 15 is 0 Å². The average Bonchev–Trinajstić information content (AvgIpc) is 2.67. The van der Waals surface area contributed by atoms with E-state index in [0.29, 0.717) is 0 Å². The van der Waals surface area contributed by atoms with Crippen LogP contribution in [0.1, 0.15) is 106 Å². The number of carboxylic acid groups (broad SMARTS) is 3. The van der Waals surface area contributed by atoms with Gasteiger partial charge in [-0.15, -0.1) is 0 Å². The minimum atomic E-state index is -2.50. The van der Waals surface area contributed by atoms with Crippen molar-refractivity contribution in [3.05, 3.63) is 0 Å². The van der Waals surface area contributed by atoms with Gasteiger partial charge in [0.1, 0.15) is 12.1 Å². The highest BCUT2D eigenvalue weighted by atomic mass is 16.7. The number of carboxylic acids is 3. The van der Waals surface area contributed by atoms with Gasteiger partial charge in [-0.3, -0.25) is 14.4 Å². The van der Waals surface area contributed by atoms with Crippen LogP contribution in [-0.2, 0) is 23.9 Å². The van der Waals surface area contributed by atoms with E-state index in [1.54, 1.807) is 20.8 Å². The van der Waals surface area contributed by atoms with Crippen molar-refractivity contribution >= 4 is 24.4 Å². The lowest BCUT2D eigenvalue weighted by Gasteiger charge is -2.15. The molecule has 20 N–H and O–H groups in total. The molecule has 0 heterocycles. The van der Waals surface area contributed by atoms with Crippen LogP contribution in [0, 0.1) is 5.92 Å². The van der Waals surface area contributed by atoms with Crippen LogP contribution in [0.2, 0.25) is 0 Å². The average molecular weight is 681 g/mol. The van der Waals surface area contributed by atoms with Gasteiger partial charge in [-0.1, -0.05) is 57.4 Å². The van der Waals surface area contributed by atoms with Gasteiger partial charge in [-0.2, -0.15) is 0 Å². The van der Waals surface area contributed by atoms with E-state index in [1.165, 1.54) is 34.7 Å². The highest BCUT2D eigenvalue weighted by Gasteiger charge is 2.28. The van der Waals surface area contributed by atoms with E-state index < -0.39 is 41.6 Å². The van der Waals surface area contributed by atoms with E-state index in [-0.39, 0.29) is 48.3 Å². The summed E-state index contributed by atoms with van der Waals surface area (Å²) in [6.45, 7) is 16.5. The van der Waals surface area contributed by atoms with Gasteiger partial charge < -0.3 is 80.0 Å². The number of rotatable bonds is 4. The Morgan fingerprint density at radius 3 is 0.867 bits per heavy atom. The fourth-order valence-corrected chi connectivity index (χ4v) is 0.171. The summed E-state index contributed by atoms with van der Waals surface area (Å²) in [5, 5.41) is 61.8. The van der Waals surface area contributed by atoms with Crippen LogP contribution in [0.15, 0.2) is 0 Å². The maximum Gasteiger partial charge on any atom is 0.347 e. The summed E-state index contributed by atoms with van der Waals surface area (Å²) in [5.41, 5.74) is 27.6. The number of nitrogens with two attached hydrogens (primary N) is 6. The highest BCUT2D eigenvalue weighted by Crippen LogP contribution is 2.05. The molecule has 0 aliphatic heterocycles. The maximum atomic E-state index is 10.1. The van der Waals surface area contributed by atoms with E-state index in [1.807, 2.05) is 13.8 Å². The molecule has 0 spiro atoms. The maximum absolute atomic E-state index is 10.1. The molecule has 0 unspecified atom stereocenters. The second-order valence-electron chi connectivity index (χ2n) is 7.87. The Hall–Kier alpha value is -2.56. The first-order valence-corrected chi connectivity index (χ1v) is 11.6. The molecule has 0 saturated heterocycles. The lowest BCUT2D eigenvalue weighted by Crippen LogP contribution is -2.54. The third-order valence-corrected chi connectivity index (χ3v) is 1.35. The van der Waals surface area contributed by atoms with E-state index in [2.05, 4.69) is 10.5 Å². The number of hydrogen-bond acceptors (Lipinski definition) is 16. The summed E-state index contributed by atoms with van der Waals surface area (Å²) in [5.74, 6) is -6.46. The van der Waals surface area contributed by atoms with Gasteiger partial charge in [-0.05, 0) is 41.7 Å². The van der Waals surface area contributed by atoms with Crippen molar-refractivity contribution in [2.75, 3.05) is 7.05 Å². The van der Waals surface area contributed by atoms with Crippen molar-refractivity contribution in [1.82, 2.24) is 0 Å². The number of carbonyl (C=O) groups excluding carboxylic acids is 1. The van der Waals surface area contributed by atoms with Gasteiger partial charge in [0, 0.05) is 20.0 Å². The molecular weight excluding hydrogens is 604 g/mol. The second-order valence-corrected chi connectivity index (χ2v) is 7.87. The Morgan fingerprint density at radius 1 is 0.733 bits per heavy atom. The number of aliphatic hydroxyl groups excluding tert-OH is 1. The quantitative estimate of drug-likeness (QED) is 0.134. The third kappa shape index (κ3) is 493. The normalized spacial score (nSPS) is 8.40. The van der Waals surface area contributed by atoms with Crippen LogP contribution >= 0.6 is 0 Å². The van der Waals surface area contributed by atoms with Crippen molar-refractivity contribution < 1.29 is 64.8 Å². The predicted octanol–water partition coefficient (Wildman–Crippen LogP) is -0.274. The number of aliphatic hydroxyl groups is 5. The topological polar surface area (TPSA) is 395 Å². The van der Waals surface area contributed by atoms with Crippen LogP contribution in [0.3, 0.4) is 0 Å². The van der Waals surface area contributed by atoms with Gasteiger partial charge in [0.2, 0.25) is 5.60 Å². The monoisotopic (exact) mass is 681 g/mol. The largest absolute Gasteiger partial charge is 0.481 e. The summed E-state index contributed by atoms with van der Waals surface area (Å²) >= 11 is 0. The zero-order valence-electron chi connectivity index (χ0n) is 26.4. The molecule has 0 aromatic rings. The minimum Gasteiger partial charge on any atom is -0.481 e. The molecule has 0 rings (SSSR count). The van der Waals surface area contributed by atoms with Crippen molar-refractivity contribution in [2.24, 2.45) is 40.3 Å². The lowest BCUT2D eigenvalue weighted by atomic mass is 10.1. The Bertz CT molecular complexity index is 529. The van der Waals surface area contributed by atoms with Crippen LogP contribution in [0.5, 0.6) is 0 Å². The molecule has 0 saturated carbocycles. The Labute approximate surface area is 272 Å². The van der Waals surface area contributed by atoms with Crippen molar-refractivity contribution in [1.29, 1.82) is 0 Å². The van der Waals surface area contributed by atoms with E-state index in [4.69, 9.17) is 74.3 Å². The summed E-state index contributed by atoms with van der Waals surface area (Å²) in [7, 11) is 1.50. The molecule has 45 heavy (non-hydrogen) atoms. The summed E-state index contributed by atoms with van der Waals surface area (Å²) < 4.78 is 4.21. The molecule has 19 heteroatoms. The SMILES string of the molecule is C.C.C.C.CC.CC(=O)O.CC(C)(OC=O)C(=O)O.CC(C)C(=O)O.CC(N)(N)N.CC(N)N.CC(O)(O)O.CC(O)O.CN. The smallest absolute Gasteiger partial charge is 0.347 e. The molecular formula is C26H76N6O13. The molecule has 0 bridgehead atoms. The first-order valence-electron chi connectivity index (χ1n) is 11.6. The number of hydrogen-bond donors (Lipinski definition) is 14. The fourth-order valence-electron chi connectivity index (χ4n) is 0.171. The molecule has 288 valence electrons. The van der Waals surface area contributed by atoms with Gasteiger partial charge in [0.05, 0.1) is 5.92 Å². The molecule has 0 fully saturated rings. The van der Waals surface area contributed by atoms with Crippen LogP contribution in [-0.4, -0.2) is 102 Å². The van der Waals surface area contributed by atoms with Gasteiger partial charge in [0.25, 0.3) is 18.4 Å². The van der Waals surface area contributed by atoms with Gasteiger partial charge in [0.15, 0.2) is 0 Å². The number of aliphatic carboxylic acids is 3. The van der Waals surface area contributed by atoms with E-state index in [9.17, 15) is 14.4 Å². The Balaban J connectivity index is -0.0000000238. The molecule has 0 aliphatic carbocycles. The standard InChI is InChI=1S/C5H8O4.C4H8O2.C2H9N3.C2H8N2.C2H6O3.C2H6O2.C2H4O2.C2H6.CH5N.4CH4/c1-5(2,4(7)8)9-3-6;1-3(2)4(5)6;1-2(3,4)5;1-2(3)4;1-2(3,4)5;2*1-2(3)4;2*1-2;;;;/h3H,1-2H3,(H,7,8);3H,1-2H3,(H,5,6);3-5H2,1H3;2H,3-4H2,1H3;3-5H,1H3;2-4H,1H3;1H3,(H,3,4);1-2H3;2H2,1H3;4*1H4. The molecule has 0 radical (unpaired) electrons. The van der Waals surface area contributed by atoms with Crippen molar-refractivity contribution in [2.45, 2.75) is 136 Å². The summed E-state index contributed by atoms with van der Waals surface area (Å²) in [6.07, 6.45) is -1.33. The zero-order valence-corrected chi connectivity index (χ0v) is 26.4. The molecule has 0 aromatic heterocycles. The minimum absolute atomic E-state index is 0. The zero-order chi connectivity index (χ0) is 36.4. The Kier molecular flexibility index (Phi) is 101. The van der Waals surface area contributed by atoms with Crippen LogP contribution < -0.4 is 34.4 Å². The number of carbonyl (C=O) groups is 4. The highest BCUT2D eigenvalue weighted by molar-refractivity contribution is 5.77. The fraction of sp³-hybridized carbons (Fsp3) is 0.846.